The molecule has 1 unspecified atom stereocenters. The number of anilines is 1. The highest BCUT2D eigenvalue weighted by Gasteiger charge is 2.35. The van der Waals surface area contributed by atoms with Crippen molar-refractivity contribution >= 4 is 33.2 Å². The number of halogens is 1. The van der Waals surface area contributed by atoms with E-state index in [2.05, 4.69) is 36.4 Å². The Balaban J connectivity index is 1.26. The number of morpholine rings is 1. The van der Waals surface area contributed by atoms with Crippen molar-refractivity contribution in [1.29, 1.82) is 0 Å². The smallest absolute Gasteiger partial charge is 0.323 e. The average Bonchev–Trinajstić information content (AvgIpc) is 3.56. The van der Waals surface area contributed by atoms with Crippen LogP contribution >= 0.6 is 15.9 Å². The number of methoxy groups -OCH3 is 3. The van der Waals surface area contributed by atoms with Gasteiger partial charge in [0.1, 0.15) is 39.6 Å². The number of rotatable bonds is 9. The summed E-state index contributed by atoms with van der Waals surface area (Å²) in [6.07, 6.45) is 5.25. The number of imidazole rings is 1. The number of benzene rings is 1. The van der Waals surface area contributed by atoms with Gasteiger partial charge in [0.2, 0.25) is 0 Å². The summed E-state index contributed by atoms with van der Waals surface area (Å²) in [5, 5.41) is 7.00. The van der Waals surface area contributed by atoms with Gasteiger partial charge in [-0.25, -0.2) is 9.97 Å². The number of carbonyl (C=O) groups excluding carboxylic acids is 1. The maximum Gasteiger partial charge on any atom is 0.323 e. The molecule has 0 spiro atoms. The van der Waals surface area contributed by atoms with E-state index in [0.29, 0.717) is 30.1 Å². The van der Waals surface area contributed by atoms with Gasteiger partial charge in [-0.05, 0) is 47.4 Å². The standard InChI is InChI=1S/C26H33BrN6O5/c1-35-18-7-6-16(20(11-18)36-2)12-30-24-22-23(27)31-25(33(22)10-8-28-24)21-13-29-17(15-38-21)14-32-9-4-5-19(32)26(34)37-3/h6-8,10-11,17,19,21,29H,4-5,9,12-15H2,1-3H3,(H,28,30)/t17-,19?,21-/m1/s1. The predicted molar refractivity (Wildman–Crippen MR) is 145 cm³/mol. The molecule has 0 radical (unpaired) electrons. The van der Waals surface area contributed by atoms with Crippen LogP contribution in [0.25, 0.3) is 5.52 Å². The average molecular weight is 589 g/mol. The van der Waals surface area contributed by atoms with Gasteiger partial charge in [0.05, 0.1) is 27.9 Å². The highest BCUT2D eigenvalue weighted by Crippen LogP contribution is 2.31. The Morgan fingerprint density at radius 3 is 2.89 bits per heavy atom. The van der Waals surface area contributed by atoms with Gasteiger partial charge in [-0.3, -0.25) is 14.1 Å². The van der Waals surface area contributed by atoms with Crippen molar-refractivity contribution in [3.63, 3.8) is 0 Å². The Kier molecular flexibility index (Phi) is 8.32. The molecule has 3 atom stereocenters. The molecule has 5 rings (SSSR count). The number of hydrogen-bond donors (Lipinski definition) is 2. The fraction of sp³-hybridized carbons (Fsp3) is 0.500. The second-order valence-electron chi connectivity index (χ2n) is 9.39. The number of hydrogen-bond acceptors (Lipinski definition) is 10. The molecule has 2 fully saturated rings. The lowest BCUT2D eigenvalue weighted by molar-refractivity contribution is -0.146. The minimum atomic E-state index is -0.225. The summed E-state index contributed by atoms with van der Waals surface area (Å²) >= 11 is 3.63. The Morgan fingerprint density at radius 2 is 2.16 bits per heavy atom. The normalized spacial score (nSPS) is 21.9. The summed E-state index contributed by atoms with van der Waals surface area (Å²) in [5.74, 6) is 2.80. The van der Waals surface area contributed by atoms with Crippen LogP contribution in [0.15, 0.2) is 35.2 Å². The van der Waals surface area contributed by atoms with Crippen LogP contribution < -0.4 is 20.1 Å². The fourth-order valence-electron chi connectivity index (χ4n) is 5.19. The molecule has 3 aromatic rings. The maximum atomic E-state index is 12.1. The lowest BCUT2D eigenvalue weighted by Crippen LogP contribution is -2.51. The quantitative estimate of drug-likeness (QED) is 0.362. The van der Waals surface area contributed by atoms with Crippen molar-refractivity contribution in [3.8, 4) is 11.5 Å². The van der Waals surface area contributed by atoms with Gasteiger partial charge < -0.3 is 29.6 Å². The monoisotopic (exact) mass is 588 g/mol. The van der Waals surface area contributed by atoms with Gasteiger partial charge in [-0.1, -0.05) is 0 Å². The van der Waals surface area contributed by atoms with E-state index in [9.17, 15) is 4.79 Å². The second kappa shape index (κ2) is 11.9. The molecule has 0 aliphatic carbocycles. The van der Waals surface area contributed by atoms with E-state index >= 15 is 0 Å². The zero-order valence-electron chi connectivity index (χ0n) is 21.8. The Morgan fingerprint density at radius 1 is 1.29 bits per heavy atom. The predicted octanol–water partition coefficient (Wildman–Crippen LogP) is 2.79. The summed E-state index contributed by atoms with van der Waals surface area (Å²) in [6.45, 7) is 3.28. The summed E-state index contributed by atoms with van der Waals surface area (Å²) in [6, 6.07) is 5.69. The first kappa shape index (κ1) is 26.7. The van der Waals surface area contributed by atoms with Crippen molar-refractivity contribution in [1.82, 2.24) is 24.6 Å². The minimum Gasteiger partial charge on any atom is -0.497 e. The second-order valence-corrected chi connectivity index (χ2v) is 10.1. The number of nitrogens with one attached hydrogen (secondary N) is 2. The number of likely N-dealkylation sites (tertiary alicyclic amines) is 1. The number of carbonyl (C=O) groups is 1. The van der Waals surface area contributed by atoms with E-state index in [1.165, 1.54) is 7.11 Å². The molecule has 0 bridgehead atoms. The van der Waals surface area contributed by atoms with Crippen LogP contribution in [0.4, 0.5) is 5.82 Å². The molecule has 1 aromatic carbocycles. The van der Waals surface area contributed by atoms with E-state index in [1.54, 1.807) is 20.4 Å². The molecule has 2 aromatic heterocycles. The molecule has 12 heteroatoms. The van der Waals surface area contributed by atoms with Crippen LogP contribution in [-0.4, -0.2) is 84.9 Å². The number of nitrogens with zero attached hydrogens (tertiary/aromatic N) is 4. The highest BCUT2D eigenvalue weighted by atomic mass is 79.9. The maximum absolute atomic E-state index is 12.1. The summed E-state index contributed by atoms with van der Waals surface area (Å²) in [7, 11) is 4.72. The van der Waals surface area contributed by atoms with Crippen LogP contribution in [-0.2, 0) is 20.8 Å². The van der Waals surface area contributed by atoms with Crippen molar-refractivity contribution in [2.75, 3.05) is 52.9 Å². The fourth-order valence-corrected chi connectivity index (χ4v) is 5.75. The molecule has 38 heavy (non-hydrogen) atoms. The Labute approximate surface area is 229 Å². The van der Waals surface area contributed by atoms with E-state index in [-0.39, 0.29) is 24.2 Å². The molecule has 0 saturated carbocycles. The number of ether oxygens (including phenoxy) is 4. The number of esters is 1. The van der Waals surface area contributed by atoms with E-state index < -0.39 is 0 Å². The van der Waals surface area contributed by atoms with E-state index in [0.717, 1.165) is 54.3 Å². The van der Waals surface area contributed by atoms with Crippen LogP contribution in [0.5, 0.6) is 11.5 Å². The highest BCUT2D eigenvalue weighted by molar-refractivity contribution is 9.10. The lowest BCUT2D eigenvalue weighted by Gasteiger charge is -2.33. The summed E-state index contributed by atoms with van der Waals surface area (Å²) < 4.78 is 24.8. The van der Waals surface area contributed by atoms with Gasteiger partial charge in [0, 0.05) is 49.7 Å². The minimum absolute atomic E-state index is 0.129. The van der Waals surface area contributed by atoms with Crippen LogP contribution in [0.3, 0.4) is 0 Å². The third kappa shape index (κ3) is 5.44. The first-order valence-corrected chi connectivity index (χ1v) is 13.5. The largest absolute Gasteiger partial charge is 0.497 e. The molecular formula is C26H33BrN6O5. The summed E-state index contributed by atoms with van der Waals surface area (Å²) in [5.41, 5.74) is 1.81. The molecular weight excluding hydrogens is 556 g/mol. The van der Waals surface area contributed by atoms with Crippen molar-refractivity contribution in [2.45, 2.75) is 37.6 Å². The Bertz CT molecular complexity index is 1280. The van der Waals surface area contributed by atoms with Crippen molar-refractivity contribution < 1.29 is 23.7 Å². The SMILES string of the molecule is COC(=O)C1CCCN1C[C@@H]1CO[C@@H](c2nc(Br)c3c(NCc4ccc(OC)cc4OC)nccn23)CN1. The van der Waals surface area contributed by atoms with Crippen LogP contribution in [0.2, 0.25) is 0 Å². The number of fused-ring (bicyclic) bond motifs is 1. The van der Waals surface area contributed by atoms with Gasteiger partial charge >= 0.3 is 5.97 Å². The molecule has 2 aliphatic heterocycles. The molecule has 2 N–H and O–H groups in total. The molecule has 11 nitrogen and oxygen atoms in total. The Hall–Kier alpha value is -2.93. The lowest BCUT2D eigenvalue weighted by atomic mass is 10.2. The van der Waals surface area contributed by atoms with E-state index in [1.807, 2.05) is 28.8 Å². The first-order chi connectivity index (χ1) is 18.5. The van der Waals surface area contributed by atoms with Crippen molar-refractivity contribution in [2.24, 2.45) is 0 Å². The zero-order valence-corrected chi connectivity index (χ0v) is 23.4. The third-order valence-electron chi connectivity index (χ3n) is 7.15. The number of aromatic nitrogens is 3. The zero-order chi connectivity index (χ0) is 26.6. The van der Waals surface area contributed by atoms with E-state index in [4.69, 9.17) is 23.9 Å². The van der Waals surface area contributed by atoms with Gasteiger partial charge in [0.25, 0.3) is 0 Å². The molecule has 204 valence electrons. The van der Waals surface area contributed by atoms with Crippen LogP contribution in [0, 0.1) is 0 Å². The third-order valence-corrected chi connectivity index (χ3v) is 7.70. The molecule has 0 amide bonds. The molecule has 4 heterocycles. The van der Waals surface area contributed by atoms with Gasteiger partial charge in [-0.15, -0.1) is 0 Å². The summed E-state index contributed by atoms with van der Waals surface area (Å²) in [4.78, 5) is 23.6. The molecule has 2 saturated heterocycles. The van der Waals surface area contributed by atoms with Crippen molar-refractivity contribution in [3.05, 3.63) is 46.6 Å². The first-order valence-electron chi connectivity index (χ1n) is 12.7. The van der Waals surface area contributed by atoms with Gasteiger partial charge in [-0.2, -0.15) is 0 Å². The molecule has 2 aliphatic rings. The topological polar surface area (TPSA) is 111 Å². The van der Waals surface area contributed by atoms with Crippen LogP contribution in [0.1, 0.15) is 30.3 Å². The van der Waals surface area contributed by atoms with Gasteiger partial charge in [0.15, 0.2) is 5.82 Å².